The number of rotatable bonds is 7. The van der Waals surface area contributed by atoms with Gasteiger partial charge in [-0.1, -0.05) is 13.8 Å². The summed E-state index contributed by atoms with van der Waals surface area (Å²) in [5, 5.41) is 24.4. The second kappa shape index (κ2) is 5.91. The Kier molecular flexibility index (Phi) is 4.82. The van der Waals surface area contributed by atoms with Crippen molar-refractivity contribution < 1.29 is 5.11 Å². The van der Waals surface area contributed by atoms with Crippen molar-refractivity contribution in [3.8, 4) is 0 Å². The molecule has 0 saturated heterocycles. The Labute approximate surface area is 96.0 Å². The highest BCUT2D eigenvalue weighted by molar-refractivity contribution is 4.81. The second-order valence-corrected chi connectivity index (χ2v) is 4.16. The van der Waals surface area contributed by atoms with Crippen LogP contribution < -0.4 is 5.32 Å². The van der Waals surface area contributed by atoms with E-state index in [1.54, 1.807) is 7.05 Å². The number of nitrogens with one attached hydrogen (secondary N) is 1. The molecule has 1 aromatic rings. The van der Waals surface area contributed by atoms with E-state index < -0.39 is 0 Å². The number of tetrazole rings is 1. The van der Waals surface area contributed by atoms with E-state index in [-0.39, 0.29) is 12.0 Å². The Morgan fingerprint density at radius 3 is 2.50 bits per heavy atom. The fourth-order valence-corrected chi connectivity index (χ4v) is 1.61. The third kappa shape index (κ3) is 3.24. The predicted molar refractivity (Wildman–Crippen MR) is 60.6 cm³/mol. The molecule has 0 unspecified atom stereocenters. The normalized spacial score (nSPS) is 12.0. The first-order valence-electron chi connectivity index (χ1n) is 5.70. The third-order valence-corrected chi connectivity index (χ3v) is 3.17. The number of hydrogen-bond donors (Lipinski definition) is 2. The maximum Gasteiger partial charge on any atom is 0.188 e. The molecule has 0 saturated carbocycles. The highest BCUT2D eigenvalue weighted by atomic mass is 16.3. The first-order valence-corrected chi connectivity index (χ1v) is 5.70. The van der Waals surface area contributed by atoms with Gasteiger partial charge < -0.3 is 10.4 Å². The number of nitrogens with zero attached hydrogens (tertiary/aromatic N) is 4. The highest BCUT2D eigenvalue weighted by Crippen LogP contribution is 2.24. The van der Waals surface area contributed by atoms with Crippen LogP contribution in [0, 0.1) is 5.41 Å². The summed E-state index contributed by atoms with van der Waals surface area (Å²) in [5.41, 5.74) is -0.0256. The molecule has 1 rings (SSSR count). The lowest BCUT2D eigenvalue weighted by Crippen LogP contribution is -2.36. The van der Waals surface area contributed by atoms with Gasteiger partial charge in [-0.05, 0) is 18.1 Å². The molecule has 16 heavy (non-hydrogen) atoms. The fraction of sp³-hybridized carbons (Fsp3) is 0.900. The van der Waals surface area contributed by atoms with E-state index >= 15 is 0 Å². The number of hydrogen-bond acceptors (Lipinski definition) is 5. The SMILES string of the molecule is CCC(CC)(CO)CNCc1nnn(C)n1. The van der Waals surface area contributed by atoms with Crippen molar-refractivity contribution in [1.29, 1.82) is 0 Å². The number of aromatic nitrogens is 4. The predicted octanol–water partition coefficient (Wildman–Crippen LogP) is 0.0984. The fourth-order valence-electron chi connectivity index (χ4n) is 1.61. The van der Waals surface area contributed by atoms with Gasteiger partial charge in [0.15, 0.2) is 5.82 Å². The van der Waals surface area contributed by atoms with Crippen LogP contribution in [0.15, 0.2) is 0 Å². The average molecular weight is 227 g/mol. The first-order chi connectivity index (χ1) is 7.65. The number of aliphatic hydroxyl groups is 1. The van der Waals surface area contributed by atoms with Gasteiger partial charge in [0.05, 0.1) is 13.6 Å². The Morgan fingerprint density at radius 2 is 2.06 bits per heavy atom. The van der Waals surface area contributed by atoms with Gasteiger partial charge in [0.25, 0.3) is 0 Å². The van der Waals surface area contributed by atoms with E-state index in [2.05, 4.69) is 34.6 Å². The van der Waals surface area contributed by atoms with Crippen LogP contribution in [0.2, 0.25) is 0 Å². The van der Waals surface area contributed by atoms with E-state index in [1.165, 1.54) is 4.80 Å². The van der Waals surface area contributed by atoms with Gasteiger partial charge in [0.2, 0.25) is 0 Å². The molecule has 1 heterocycles. The van der Waals surface area contributed by atoms with E-state index in [0.717, 1.165) is 19.4 Å². The molecular formula is C10H21N5O. The van der Waals surface area contributed by atoms with Crippen LogP contribution in [0.4, 0.5) is 0 Å². The van der Waals surface area contributed by atoms with Crippen LogP contribution in [0.3, 0.4) is 0 Å². The van der Waals surface area contributed by atoms with E-state index in [4.69, 9.17) is 0 Å². The number of aliphatic hydroxyl groups excluding tert-OH is 1. The molecule has 92 valence electrons. The summed E-state index contributed by atoms with van der Waals surface area (Å²) < 4.78 is 0. The molecule has 1 aromatic heterocycles. The van der Waals surface area contributed by atoms with Crippen LogP contribution in [0.5, 0.6) is 0 Å². The quantitative estimate of drug-likeness (QED) is 0.691. The maximum atomic E-state index is 9.39. The topological polar surface area (TPSA) is 75.9 Å². The molecule has 0 aliphatic heterocycles. The number of aryl methyl sites for hydroxylation is 1. The van der Waals surface area contributed by atoms with Gasteiger partial charge in [-0.2, -0.15) is 4.80 Å². The second-order valence-electron chi connectivity index (χ2n) is 4.16. The molecule has 6 nitrogen and oxygen atoms in total. The van der Waals surface area contributed by atoms with Gasteiger partial charge in [-0.3, -0.25) is 0 Å². The van der Waals surface area contributed by atoms with E-state index in [1.807, 2.05) is 0 Å². The standard InChI is InChI=1S/C10H21N5O/c1-4-10(5-2,8-16)7-11-6-9-12-14-15(3)13-9/h11,16H,4-8H2,1-3H3. The van der Waals surface area contributed by atoms with Crippen molar-refractivity contribution in [2.75, 3.05) is 13.2 Å². The Balaban J connectivity index is 2.39. The van der Waals surface area contributed by atoms with E-state index in [9.17, 15) is 5.11 Å². The zero-order valence-electron chi connectivity index (χ0n) is 10.3. The summed E-state index contributed by atoms with van der Waals surface area (Å²) in [5.74, 6) is 0.682. The molecule has 0 atom stereocenters. The molecule has 0 amide bonds. The van der Waals surface area contributed by atoms with Gasteiger partial charge in [0, 0.05) is 18.6 Å². The van der Waals surface area contributed by atoms with Crippen molar-refractivity contribution in [3.05, 3.63) is 5.82 Å². The third-order valence-electron chi connectivity index (χ3n) is 3.17. The Bertz CT molecular complexity index is 300. The minimum Gasteiger partial charge on any atom is -0.396 e. The van der Waals surface area contributed by atoms with Crippen molar-refractivity contribution in [1.82, 2.24) is 25.5 Å². The molecule has 0 radical (unpaired) electrons. The van der Waals surface area contributed by atoms with Crippen LogP contribution in [-0.2, 0) is 13.6 Å². The maximum absolute atomic E-state index is 9.39. The Morgan fingerprint density at radius 1 is 1.38 bits per heavy atom. The van der Waals surface area contributed by atoms with E-state index in [0.29, 0.717) is 12.4 Å². The van der Waals surface area contributed by atoms with Crippen LogP contribution >= 0.6 is 0 Å². The monoisotopic (exact) mass is 227 g/mol. The van der Waals surface area contributed by atoms with Crippen LogP contribution in [0.25, 0.3) is 0 Å². The lowest BCUT2D eigenvalue weighted by Gasteiger charge is -2.29. The summed E-state index contributed by atoms with van der Waals surface area (Å²) in [6, 6.07) is 0. The van der Waals surface area contributed by atoms with Crippen molar-refractivity contribution in [2.45, 2.75) is 33.2 Å². The lowest BCUT2D eigenvalue weighted by atomic mass is 9.83. The van der Waals surface area contributed by atoms with Gasteiger partial charge in [0.1, 0.15) is 0 Å². The minimum absolute atomic E-state index is 0.0256. The molecule has 0 spiro atoms. The molecule has 0 aliphatic carbocycles. The summed E-state index contributed by atoms with van der Waals surface area (Å²) in [6.45, 7) is 5.77. The lowest BCUT2D eigenvalue weighted by molar-refractivity contribution is 0.112. The van der Waals surface area contributed by atoms with Crippen molar-refractivity contribution >= 4 is 0 Å². The smallest absolute Gasteiger partial charge is 0.188 e. The van der Waals surface area contributed by atoms with Gasteiger partial charge >= 0.3 is 0 Å². The first kappa shape index (κ1) is 13.1. The molecular weight excluding hydrogens is 206 g/mol. The van der Waals surface area contributed by atoms with Crippen LogP contribution in [-0.4, -0.2) is 38.5 Å². The van der Waals surface area contributed by atoms with Crippen molar-refractivity contribution in [2.24, 2.45) is 12.5 Å². The summed E-state index contributed by atoms with van der Waals surface area (Å²) >= 11 is 0. The molecule has 0 aliphatic rings. The van der Waals surface area contributed by atoms with Gasteiger partial charge in [-0.25, -0.2) is 0 Å². The van der Waals surface area contributed by atoms with Crippen LogP contribution in [0.1, 0.15) is 32.5 Å². The molecule has 0 fully saturated rings. The summed E-state index contributed by atoms with van der Waals surface area (Å²) in [4.78, 5) is 1.44. The summed E-state index contributed by atoms with van der Waals surface area (Å²) in [6.07, 6.45) is 1.92. The average Bonchev–Trinajstić information content (AvgIpc) is 2.71. The molecule has 0 bridgehead atoms. The van der Waals surface area contributed by atoms with Crippen molar-refractivity contribution in [3.63, 3.8) is 0 Å². The Hall–Kier alpha value is -1.01. The van der Waals surface area contributed by atoms with Gasteiger partial charge in [-0.15, -0.1) is 10.2 Å². The largest absolute Gasteiger partial charge is 0.396 e. The zero-order valence-corrected chi connectivity index (χ0v) is 10.3. The highest BCUT2D eigenvalue weighted by Gasteiger charge is 2.24. The summed E-state index contributed by atoms with van der Waals surface area (Å²) in [7, 11) is 1.74. The molecule has 6 heteroatoms. The zero-order chi connectivity index (χ0) is 12.0. The minimum atomic E-state index is -0.0256. The molecule has 2 N–H and O–H groups in total. The molecule has 0 aromatic carbocycles.